The van der Waals surface area contributed by atoms with Gasteiger partial charge in [-0.2, -0.15) is 0 Å². The van der Waals surface area contributed by atoms with Crippen molar-refractivity contribution in [2.75, 3.05) is 19.7 Å². The first-order valence-electron chi connectivity index (χ1n) is 6.78. The first-order chi connectivity index (χ1) is 8.63. The zero-order chi connectivity index (χ0) is 13.1. The van der Waals surface area contributed by atoms with Gasteiger partial charge in [-0.05, 0) is 37.3 Å². The predicted molar refractivity (Wildman–Crippen MR) is 77.1 cm³/mol. The van der Waals surface area contributed by atoms with Gasteiger partial charge in [0.05, 0.1) is 18.8 Å². The van der Waals surface area contributed by atoms with E-state index in [9.17, 15) is 0 Å². The molecule has 0 radical (unpaired) electrons. The van der Waals surface area contributed by atoms with Crippen molar-refractivity contribution in [3.05, 3.63) is 21.9 Å². The number of ether oxygens (including phenoxy) is 1. The molecule has 0 aromatic carbocycles. The summed E-state index contributed by atoms with van der Waals surface area (Å²) in [5, 5.41) is 2.16. The number of hydrogen-bond acceptors (Lipinski definition) is 4. The summed E-state index contributed by atoms with van der Waals surface area (Å²) in [6, 6.07) is 2.67. The zero-order valence-electron chi connectivity index (χ0n) is 11.6. The number of morpholine rings is 1. The molecule has 0 saturated carbocycles. The van der Waals surface area contributed by atoms with Crippen LogP contribution in [-0.4, -0.2) is 36.7 Å². The monoisotopic (exact) mass is 268 g/mol. The van der Waals surface area contributed by atoms with E-state index < -0.39 is 0 Å². The van der Waals surface area contributed by atoms with Gasteiger partial charge in [-0.25, -0.2) is 0 Å². The maximum atomic E-state index is 6.24. The highest BCUT2D eigenvalue weighted by Gasteiger charge is 2.30. The van der Waals surface area contributed by atoms with Crippen molar-refractivity contribution in [2.45, 2.75) is 45.4 Å². The van der Waals surface area contributed by atoms with Crippen LogP contribution in [0, 0.1) is 6.92 Å². The normalized spacial score (nSPS) is 25.0. The van der Waals surface area contributed by atoms with Crippen LogP contribution in [-0.2, 0) is 4.74 Å². The van der Waals surface area contributed by atoms with E-state index in [1.54, 1.807) is 0 Å². The molecule has 3 unspecified atom stereocenters. The summed E-state index contributed by atoms with van der Waals surface area (Å²) in [7, 11) is 0. The molecule has 3 nitrogen and oxygen atoms in total. The SMILES string of the molecule is CCC1CN(C(c2sccc2C)C(C)N)CCO1. The molecule has 1 aliphatic rings. The van der Waals surface area contributed by atoms with Crippen LogP contribution in [0.5, 0.6) is 0 Å². The Morgan fingerprint density at radius 2 is 2.39 bits per heavy atom. The molecule has 0 amide bonds. The molecular formula is C14H24N2OS. The van der Waals surface area contributed by atoms with Crippen LogP contribution in [0.15, 0.2) is 11.4 Å². The molecule has 4 heteroatoms. The Labute approximate surface area is 114 Å². The topological polar surface area (TPSA) is 38.5 Å². The van der Waals surface area contributed by atoms with Crippen molar-refractivity contribution in [1.82, 2.24) is 4.90 Å². The van der Waals surface area contributed by atoms with Gasteiger partial charge in [0.25, 0.3) is 0 Å². The molecular weight excluding hydrogens is 244 g/mol. The second-order valence-corrected chi connectivity index (χ2v) is 6.12. The first-order valence-corrected chi connectivity index (χ1v) is 7.66. The van der Waals surface area contributed by atoms with E-state index in [1.165, 1.54) is 10.4 Å². The van der Waals surface area contributed by atoms with Gasteiger partial charge < -0.3 is 10.5 Å². The molecule has 1 aliphatic heterocycles. The lowest BCUT2D eigenvalue weighted by Gasteiger charge is -2.39. The van der Waals surface area contributed by atoms with Crippen LogP contribution < -0.4 is 5.73 Å². The third-order valence-electron chi connectivity index (χ3n) is 3.69. The summed E-state index contributed by atoms with van der Waals surface area (Å²) in [4.78, 5) is 3.92. The Hall–Kier alpha value is -0.420. The van der Waals surface area contributed by atoms with Gasteiger partial charge >= 0.3 is 0 Å². The van der Waals surface area contributed by atoms with E-state index in [2.05, 4.69) is 37.1 Å². The molecule has 102 valence electrons. The van der Waals surface area contributed by atoms with Gasteiger partial charge in [-0.3, -0.25) is 4.90 Å². The van der Waals surface area contributed by atoms with Crippen molar-refractivity contribution in [2.24, 2.45) is 5.73 Å². The van der Waals surface area contributed by atoms with E-state index in [0.717, 1.165) is 26.1 Å². The van der Waals surface area contributed by atoms with Crippen molar-refractivity contribution in [3.8, 4) is 0 Å². The Kier molecular flexibility index (Phi) is 4.78. The smallest absolute Gasteiger partial charge is 0.0700 e. The lowest BCUT2D eigenvalue weighted by atomic mass is 10.0. The van der Waals surface area contributed by atoms with Crippen molar-refractivity contribution in [3.63, 3.8) is 0 Å². The van der Waals surface area contributed by atoms with Crippen molar-refractivity contribution >= 4 is 11.3 Å². The summed E-state index contributed by atoms with van der Waals surface area (Å²) in [5.74, 6) is 0. The van der Waals surface area contributed by atoms with Crippen LogP contribution in [0.3, 0.4) is 0 Å². The first kappa shape index (κ1) is 14.0. The minimum atomic E-state index is 0.151. The lowest BCUT2D eigenvalue weighted by molar-refractivity contribution is -0.0473. The Balaban J connectivity index is 2.18. The average molecular weight is 268 g/mol. The summed E-state index contributed by atoms with van der Waals surface area (Å²) >= 11 is 1.83. The molecule has 3 atom stereocenters. The lowest BCUT2D eigenvalue weighted by Crippen LogP contribution is -2.48. The summed E-state index contributed by atoms with van der Waals surface area (Å²) in [6.07, 6.45) is 1.44. The number of hydrogen-bond donors (Lipinski definition) is 1. The maximum Gasteiger partial charge on any atom is 0.0700 e. The maximum absolute atomic E-state index is 6.24. The third-order valence-corrected chi connectivity index (χ3v) is 4.78. The van der Waals surface area contributed by atoms with Gasteiger partial charge in [-0.15, -0.1) is 11.3 Å². The number of thiophene rings is 1. The fourth-order valence-corrected chi connectivity index (χ4v) is 3.84. The number of aryl methyl sites for hydroxylation is 1. The molecule has 18 heavy (non-hydrogen) atoms. The van der Waals surface area contributed by atoms with Gasteiger partial charge in [0.1, 0.15) is 0 Å². The second-order valence-electron chi connectivity index (χ2n) is 5.17. The largest absolute Gasteiger partial charge is 0.376 e. The molecule has 2 heterocycles. The van der Waals surface area contributed by atoms with E-state index in [4.69, 9.17) is 10.5 Å². The van der Waals surface area contributed by atoms with Crippen LogP contribution in [0.4, 0.5) is 0 Å². The number of nitrogens with two attached hydrogens (primary N) is 1. The molecule has 0 spiro atoms. The summed E-state index contributed by atoms with van der Waals surface area (Å²) in [5.41, 5.74) is 7.60. The minimum Gasteiger partial charge on any atom is -0.376 e. The average Bonchev–Trinajstić information content (AvgIpc) is 2.76. The standard InChI is InChI=1S/C14H24N2OS/c1-4-12-9-16(6-7-17-12)13(11(3)15)14-10(2)5-8-18-14/h5,8,11-13H,4,6-7,9,15H2,1-3H3. The molecule has 1 saturated heterocycles. The second kappa shape index (κ2) is 6.15. The number of rotatable bonds is 4. The Bertz CT molecular complexity index is 378. The van der Waals surface area contributed by atoms with Gasteiger partial charge in [0, 0.05) is 24.0 Å². The predicted octanol–water partition coefficient (Wildman–Crippen LogP) is 2.56. The minimum absolute atomic E-state index is 0.151. The van der Waals surface area contributed by atoms with Crippen LogP contribution >= 0.6 is 11.3 Å². The van der Waals surface area contributed by atoms with E-state index in [1.807, 2.05) is 11.3 Å². The van der Waals surface area contributed by atoms with Gasteiger partial charge in [-0.1, -0.05) is 6.92 Å². The van der Waals surface area contributed by atoms with Gasteiger partial charge in [0.15, 0.2) is 0 Å². The highest BCUT2D eigenvalue weighted by Crippen LogP contribution is 2.32. The molecule has 2 N–H and O–H groups in total. The van der Waals surface area contributed by atoms with E-state index in [-0.39, 0.29) is 6.04 Å². The highest BCUT2D eigenvalue weighted by atomic mass is 32.1. The van der Waals surface area contributed by atoms with Crippen molar-refractivity contribution in [1.29, 1.82) is 0 Å². The molecule has 2 rings (SSSR count). The van der Waals surface area contributed by atoms with E-state index in [0.29, 0.717) is 12.1 Å². The van der Waals surface area contributed by atoms with Crippen LogP contribution in [0.2, 0.25) is 0 Å². The number of nitrogens with zero attached hydrogens (tertiary/aromatic N) is 1. The Morgan fingerprint density at radius 3 is 2.94 bits per heavy atom. The fraction of sp³-hybridized carbons (Fsp3) is 0.714. The van der Waals surface area contributed by atoms with Crippen LogP contribution in [0.1, 0.15) is 36.8 Å². The molecule has 1 aromatic rings. The van der Waals surface area contributed by atoms with Gasteiger partial charge in [0.2, 0.25) is 0 Å². The fourth-order valence-electron chi connectivity index (χ4n) is 2.67. The quantitative estimate of drug-likeness (QED) is 0.912. The van der Waals surface area contributed by atoms with Crippen LogP contribution in [0.25, 0.3) is 0 Å². The van der Waals surface area contributed by atoms with E-state index >= 15 is 0 Å². The molecule has 1 aromatic heterocycles. The molecule has 0 aliphatic carbocycles. The Morgan fingerprint density at radius 1 is 1.61 bits per heavy atom. The zero-order valence-corrected chi connectivity index (χ0v) is 12.4. The third kappa shape index (κ3) is 2.94. The summed E-state index contributed by atoms with van der Waals surface area (Å²) < 4.78 is 5.76. The highest BCUT2D eigenvalue weighted by molar-refractivity contribution is 7.10. The van der Waals surface area contributed by atoms with Crippen molar-refractivity contribution < 1.29 is 4.74 Å². The molecule has 0 bridgehead atoms. The summed E-state index contributed by atoms with van der Waals surface area (Å²) in [6.45, 7) is 9.29. The molecule has 1 fully saturated rings.